The third-order valence-electron chi connectivity index (χ3n) is 5.64. The molecule has 1 heterocycles. The standard InChI is InChI=1S/C26H29N5O3/c1-18-9-12-22(13-10-18)31-25(28-29-30-31)17-34-23-14-11-20(15-24(23)33-3)16-27-19(2)26(32)21-7-5-4-6-8-21/h4-15,19,26-27,32H,16-17H2,1-3H3/t19-,26+/m0/s1. The zero-order valence-electron chi connectivity index (χ0n) is 19.5. The lowest BCUT2D eigenvalue weighted by Gasteiger charge is -2.21. The lowest BCUT2D eigenvalue weighted by Crippen LogP contribution is -2.31. The lowest BCUT2D eigenvalue weighted by atomic mass is 10.0. The minimum atomic E-state index is -0.592. The molecule has 0 aliphatic carbocycles. The average Bonchev–Trinajstić information content (AvgIpc) is 3.35. The van der Waals surface area contributed by atoms with E-state index < -0.39 is 6.10 Å². The van der Waals surface area contributed by atoms with Gasteiger partial charge < -0.3 is 19.9 Å². The number of hydrogen-bond acceptors (Lipinski definition) is 7. The van der Waals surface area contributed by atoms with Gasteiger partial charge in [-0.1, -0.05) is 54.1 Å². The number of nitrogens with zero attached hydrogens (tertiary/aromatic N) is 4. The Hall–Kier alpha value is -3.75. The summed E-state index contributed by atoms with van der Waals surface area (Å²) in [7, 11) is 1.61. The highest BCUT2D eigenvalue weighted by atomic mass is 16.5. The van der Waals surface area contributed by atoms with Crippen molar-refractivity contribution in [1.29, 1.82) is 0 Å². The minimum Gasteiger partial charge on any atom is -0.493 e. The molecule has 0 bridgehead atoms. The van der Waals surface area contributed by atoms with Crippen LogP contribution in [0.3, 0.4) is 0 Å². The Kier molecular flexibility index (Phi) is 7.51. The third kappa shape index (κ3) is 5.59. The quantitative estimate of drug-likeness (QED) is 0.373. The highest BCUT2D eigenvalue weighted by molar-refractivity contribution is 5.43. The molecule has 0 saturated heterocycles. The predicted octanol–water partition coefficient (Wildman–Crippen LogP) is 3.77. The number of aliphatic hydroxyl groups is 1. The van der Waals surface area contributed by atoms with Crippen LogP contribution in [0.15, 0.2) is 72.8 Å². The van der Waals surface area contributed by atoms with E-state index in [1.807, 2.05) is 86.6 Å². The average molecular weight is 460 g/mol. The van der Waals surface area contributed by atoms with Crippen molar-refractivity contribution in [2.75, 3.05) is 7.11 Å². The normalized spacial score (nSPS) is 12.8. The van der Waals surface area contributed by atoms with Crippen molar-refractivity contribution in [3.63, 3.8) is 0 Å². The van der Waals surface area contributed by atoms with Gasteiger partial charge in [-0.25, -0.2) is 0 Å². The molecule has 176 valence electrons. The molecular formula is C26H29N5O3. The van der Waals surface area contributed by atoms with Crippen LogP contribution in [0.1, 0.15) is 35.5 Å². The Morgan fingerprint density at radius 1 is 1.00 bits per heavy atom. The summed E-state index contributed by atoms with van der Waals surface area (Å²) in [6, 6.07) is 23.2. The molecule has 4 rings (SSSR count). The zero-order valence-corrected chi connectivity index (χ0v) is 19.5. The van der Waals surface area contributed by atoms with Gasteiger partial charge in [0.2, 0.25) is 0 Å². The van der Waals surface area contributed by atoms with Crippen LogP contribution in [0.5, 0.6) is 11.5 Å². The molecule has 0 fully saturated rings. The van der Waals surface area contributed by atoms with Gasteiger partial charge in [-0.2, -0.15) is 4.68 Å². The second kappa shape index (κ2) is 10.9. The number of tetrazole rings is 1. The summed E-state index contributed by atoms with van der Waals surface area (Å²) in [5.41, 5.74) is 3.94. The van der Waals surface area contributed by atoms with Crippen LogP contribution in [0.2, 0.25) is 0 Å². The zero-order chi connectivity index (χ0) is 23.9. The van der Waals surface area contributed by atoms with Crippen molar-refractivity contribution in [1.82, 2.24) is 25.5 Å². The van der Waals surface area contributed by atoms with E-state index in [1.165, 1.54) is 0 Å². The number of hydrogen-bond donors (Lipinski definition) is 2. The van der Waals surface area contributed by atoms with Gasteiger partial charge in [0, 0.05) is 12.6 Å². The molecule has 0 amide bonds. The maximum atomic E-state index is 10.6. The van der Waals surface area contributed by atoms with Crippen LogP contribution >= 0.6 is 0 Å². The Bertz CT molecular complexity index is 1190. The van der Waals surface area contributed by atoms with Gasteiger partial charge in [0.25, 0.3) is 0 Å². The first kappa shape index (κ1) is 23.4. The van der Waals surface area contributed by atoms with Crippen molar-refractivity contribution in [2.24, 2.45) is 0 Å². The number of aromatic nitrogens is 4. The number of methoxy groups -OCH3 is 1. The van der Waals surface area contributed by atoms with Crippen molar-refractivity contribution >= 4 is 0 Å². The second-order valence-corrected chi connectivity index (χ2v) is 8.14. The van der Waals surface area contributed by atoms with Gasteiger partial charge in [0.15, 0.2) is 23.9 Å². The van der Waals surface area contributed by atoms with E-state index in [-0.39, 0.29) is 12.6 Å². The summed E-state index contributed by atoms with van der Waals surface area (Å²) in [5.74, 6) is 1.80. The monoisotopic (exact) mass is 459 g/mol. The van der Waals surface area contributed by atoms with E-state index in [1.54, 1.807) is 11.8 Å². The van der Waals surface area contributed by atoms with Crippen molar-refractivity contribution in [2.45, 2.75) is 39.1 Å². The third-order valence-corrected chi connectivity index (χ3v) is 5.64. The summed E-state index contributed by atoms with van der Waals surface area (Å²) < 4.78 is 13.2. The SMILES string of the molecule is COc1cc(CN[C@@H](C)[C@@H](O)c2ccccc2)ccc1OCc1nnnn1-c1ccc(C)cc1. The Labute approximate surface area is 199 Å². The van der Waals surface area contributed by atoms with Crippen molar-refractivity contribution in [3.05, 3.63) is 95.3 Å². The van der Waals surface area contributed by atoms with E-state index in [9.17, 15) is 5.11 Å². The van der Waals surface area contributed by atoms with E-state index in [4.69, 9.17) is 9.47 Å². The predicted molar refractivity (Wildman–Crippen MR) is 129 cm³/mol. The Balaban J connectivity index is 1.38. The lowest BCUT2D eigenvalue weighted by molar-refractivity contribution is 0.135. The number of aliphatic hydroxyl groups excluding tert-OH is 1. The van der Waals surface area contributed by atoms with Gasteiger partial charge in [0.1, 0.15) is 0 Å². The number of rotatable bonds is 10. The Morgan fingerprint density at radius 3 is 2.50 bits per heavy atom. The number of aryl methyl sites for hydroxylation is 1. The summed E-state index contributed by atoms with van der Waals surface area (Å²) >= 11 is 0. The minimum absolute atomic E-state index is 0.120. The molecular weight excluding hydrogens is 430 g/mol. The van der Waals surface area contributed by atoms with E-state index >= 15 is 0 Å². The molecule has 8 nitrogen and oxygen atoms in total. The second-order valence-electron chi connectivity index (χ2n) is 8.14. The van der Waals surface area contributed by atoms with Crippen LogP contribution in [0, 0.1) is 6.92 Å². The molecule has 0 radical (unpaired) electrons. The fourth-order valence-electron chi connectivity index (χ4n) is 3.60. The smallest absolute Gasteiger partial charge is 0.194 e. The summed E-state index contributed by atoms with van der Waals surface area (Å²) in [6.07, 6.45) is -0.592. The molecule has 2 N–H and O–H groups in total. The van der Waals surface area contributed by atoms with Gasteiger partial charge in [-0.05, 0) is 59.7 Å². The maximum absolute atomic E-state index is 10.6. The van der Waals surface area contributed by atoms with Crippen LogP contribution in [0.4, 0.5) is 0 Å². The van der Waals surface area contributed by atoms with Crippen molar-refractivity contribution in [3.8, 4) is 17.2 Å². The largest absolute Gasteiger partial charge is 0.493 e. The summed E-state index contributed by atoms with van der Waals surface area (Å²) in [5, 5.41) is 25.9. The fraction of sp³-hybridized carbons (Fsp3) is 0.269. The molecule has 0 aliphatic rings. The molecule has 0 aliphatic heterocycles. The first-order chi connectivity index (χ1) is 16.5. The summed E-state index contributed by atoms with van der Waals surface area (Å²) in [6.45, 7) is 4.76. The van der Waals surface area contributed by atoms with Crippen LogP contribution in [0.25, 0.3) is 5.69 Å². The first-order valence-electron chi connectivity index (χ1n) is 11.2. The highest BCUT2D eigenvalue weighted by Gasteiger charge is 2.16. The maximum Gasteiger partial charge on any atom is 0.194 e. The molecule has 0 spiro atoms. The van der Waals surface area contributed by atoms with Gasteiger partial charge in [-0.15, -0.1) is 5.10 Å². The highest BCUT2D eigenvalue weighted by Crippen LogP contribution is 2.29. The molecule has 34 heavy (non-hydrogen) atoms. The van der Waals surface area contributed by atoms with Crippen molar-refractivity contribution < 1.29 is 14.6 Å². The van der Waals surface area contributed by atoms with Gasteiger partial charge in [0.05, 0.1) is 18.9 Å². The summed E-state index contributed by atoms with van der Waals surface area (Å²) in [4.78, 5) is 0. The molecule has 3 aromatic carbocycles. The van der Waals surface area contributed by atoms with Gasteiger partial charge >= 0.3 is 0 Å². The number of ether oxygens (including phenoxy) is 2. The molecule has 8 heteroatoms. The van der Waals surface area contributed by atoms with E-state index in [0.717, 1.165) is 22.4 Å². The van der Waals surface area contributed by atoms with Crippen LogP contribution in [-0.2, 0) is 13.2 Å². The van der Waals surface area contributed by atoms with E-state index in [2.05, 4.69) is 20.8 Å². The van der Waals surface area contributed by atoms with Crippen LogP contribution < -0.4 is 14.8 Å². The van der Waals surface area contributed by atoms with E-state index in [0.29, 0.717) is 23.9 Å². The number of nitrogens with one attached hydrogen (secondary N) is 1. The molecule has 0 saturated carbocycles. The molecule has 0 unspecified atom stereocenters. The Morgan fingerprint density at radius 2 is 1.76 bits per heavy atom. The molecule has 2 atom stereocenters. The topological polar surface area (TPSA) is 94.3 Å². The van der Waals surface area contributed by atoms with Crippen LogP contribution in [-0.4, -0.2) is 38.5 Å². The molecule has 1 aromatic heterocycles. The first-order valence-corrected chi connectivity index (χ1v) is 11.2. The van der Waals surface area contributed by atoms with Gasteiger partial charge in [-0.3, -0.25) is 0 Å². The fourth-order valence-corrected chi connectivity index (χ4v) is 3.60. The number of benzene rings is 3. The molecule has 4 aromatic rings.